The number of carbonyl (C=O) groups excluding carboxylic acids is 2. The number of benzene rings is 2. The lowest BCUT2D eigenvalue weighted by Gasteiger charge is -2.32. The van der Waals surface area contributed by atoms with Crippen LogP contribution in [0, 0.1) is 19.7 Å². The second kappa shape index (κ2) is 10.2. The van der Waals surface area contributed by atoms with E-state index in [0.29, 0.717) is 50.9 Å². The van der Waals surface area contributed by atoms with Crippen LogP contribution in [0.5, 0.6) is 5.75 Å². The lowest BCUT2D eigenvalue weighted by molar-refractivity contribution is -0.122. The summed E-state index contributed by atoms with van der Waals surface area (Å²) >= 11 is 0. The van der Waals surface area contributed by atoms with Crippen LogP contribution in [0.25, 0.3) is 0 Å². The van der Waals surface area contributed by atoms with E-state index in [9.17, 15) is 14.0 Å². The zero-order chi connectivity index (χ0) is 21.5. The summed E-state index contributed by atoms with van der Waals surface area (Å²) in [5.74, 6) is 0.329. The first-order valence-electron chi connectivity index (χ1n) is 10.5. The molecule has 0 spiro atoms. The molecule has 3 rings (SSSR count). The predicted molar refractivity (Wildman–Crippen MR) is 114 cm³/mol. The molecule has 2 amide bonds. The molecule has 0 aromatic heterocycles. The summed E-state index contributed by atoms with van der Waals surface area (Å²) in [5, 5.41) is 3.06. The number of piperidine rings is 1. The highest BCUT2D eigenvalue weighted by molar-refractivity contribution is 5.94. The number of nitrogens with one attached hydrogen (secondary N) is 1. The highest BCUT2D eigenvalue weighted by atomic mass is 19.1. The van der Waals surface area contributed by atoms with Crippen LogP contribution in [-0.2, 0) is 4.79 Å². The molecular weight excluding hydrogens is 383 g/mol. The zero-order valence-electron chi connectivity index (χ0n) is 17.6. The van der Waals surface area contributed by atoms with Gasteiger partial charge in [-0.3, -0.25) is 9.59 Å². The fourth-order valence-electron chi connectivity index (χ4n) is 3.76. The fourth-order valence-corrected chi connectivity index (χ4v) is 3.76. The topological polar surface area (TPSA) is 58.6 Å². The normalized spacial score (nSPS) is 14.4. The van der Waals surface area contributed by atoms with Gasteiger partial charge in [0.15, 0.2) is 0 Å². The van der Waals surface area contributed by atoms with E-state index in [4.69, 9.17) is 4.74 Å². The molecule has 1 saturated heterocycles. The molecule has 1 aliphatic heterocycles. The molecule has 30 heavy (non-hydrogen) atoms. The molecule has 0 radical (unpaired) electrons. The van der Waals surface area contributed by atoms with E-state index in [1.807, 2.05) is 32.0 Å². The number of rotatable bonds is 7. The van der Waals surface area contributed by atoms with Gasteiger partial charge in [-0.05, 0) is 62.4 Å². The number of hydrogen-bond acceptors (Lipinski definition) is 3. The summed E-state index contributed by atoms with van der Waals surface area (Å²) in [4.78, 5) is 26.4. The molecule has 1 heterocycles. The number of carbonyl (C=O) groups is 2. The number of para-hydroxylation sites is 1. The Morgan fingerprint density at radius 1 is 1.10 bits per heavy atom. The van der Waals surface area contributed by atoms with Gasteiger partial charge >= 0.3 is 0 Å². The average Bonchev–Trinajstić information content (AvgIpc) is 2.73. The van der Waals surface area contributed by atoms with Crippen molar-refractivity contribution in [3.05, 3.63) is 65.0 Å². The SMILES string of the molecule is Cc1cccc(C)c1OCCCC(=O)NC1CCN(C(=O)c2cccc(F)c2)CC1. The number of likely N-dealkylation sites (tertiary alicyclic amines) is 1. The van der Waals surface area contributed by atoms with Gasteiger partial charge in [-0.1, -0.05) is 24.3 Å². The van der Waals surface area contributed by atoms with Crippen LogP contribution in [-0.4, -0.2) is 42.5 Å². The molecule has 2 aromatic rings. The van der Waals surface area contributed by atoms with E-state index in [2.05, 4.69) is 5.32 Å². The molecule has 0 aliphatic carbocycles. The van der Waals surface area contributed by atoms with Gasteiger partial charge in [-0.15, -0.1) is 0 Å². The molecule has 0 atom stereocenters. The maximum atomic E-state index is 13.3. The van der Waals surface area contributed by atoms with E-state index in [0.717, 1.165) is 16.9 Å². The van der Waals surface area contributed by atoms with Crippen LogP contribution >= 0.6 is 0 Å². The second-order valence-corrected chi connectivity index (χ2v) is 7.82. The molecule has 0 saturated carbocycles. The number of nitrogens with zero attached hydrogens (tertiary/aromatic N) is 1. The molecular formula is C24H29FN2O3. The first-order valence-corrected chi connectivity index (χ1v) is 10.5. The maximum absolute atomic E-state index is 13.3. The van der Waals surface area contributed by atoms with Gasteiger partial charge in [0, 0.05) is 31.1 Å². The van der Waals surface area contributed by atoms with E-state index in [-0.39, 0.29) is 17.9 Å². The Kier molecular flexibility index (Phi) is 7.44. The van der Waals surface area contributed by atoms with Crippen LogP contribution < -0.4 is 10.1 Å². The Bertz CT molecular complexity index is 872. The quantitative estimate of drug-likeness (QED) is 0.699. The van der Waals surface area contributed by atoms with Gasteiger partial charge < -0.3 is 15.0 Å². The van der Waals surface area contributed by atoms with E-state index < -0.39 is 5.82 Å². The van der Waals surface area contributed by atoms with Gasteiger partial charge in [0.1, 0.15) is 11.6 Å². The molecule has 160 valence electrons. The highest BCUT2D eigenvalue weighted by Gasteiger charge is 2.24. The maximum Gasteiger partial charge on any atom is 0.253 e. The Balaban J connectivity index is 1.36. The third kappa shape index (κ3) is 5.81. The lowest BCUT2D eigenvalue weighted by Crippen LogP contribution is -2.46. The molecule has 1 N–H and O–H groups in total. The first-order chi connectivity index (χ1) is 14.4. The monoisotopic (exact) mass is 412 g/mol. The first kappa shape index (κ1) is 21.8. The zero-order valence-corrected chi connectivity index (χ0v) is 17.6. The van der Waals surface area contributed by atoms with Gasteiger partial charge in [0.2, 0.25) is 5.91 Å². The van der Waals surface area contributed by atoms with Crippen LogP contribution in [0.2, 0.25) is 0 Å². The fraction of sp³-hybridized carbons (Fsp3) is 0.417. The highest BCUT2D eigenvalue weighted by Crippen LogP contribution is 2.22. The Morgan fingerprint density at radius 3 is 2.43 bits per heavy atom. The molecule has 2 aromatic carbocycles. The Morgan fingerprint density at radius 2 is 1.77 bits per heavy atom. The van der Waals surface area contributed by atoms with Crippen molar-refractivity contribution in [1.29, 1.82) is 0 Å². The van der Waals surface area contributed by atoms with Crippen molar-refractivity contribution in [3.8, 4) is 5.75 Å². The standard InChI is InChI=1S/C24H29FN2O3/c1-17-6-3-7-18(2)23(17)30-15-5-10-22(28)26-21-11-13-27(14-12-21)24(29)19-8-4-9-20(25)16-19/h3-4,6-9,16,21H,5,10-15H2,1-2H3,(H,26,28). The van der Waals surface area contributed by atoms with Crippen LogP contribution in [0.4, 0.5) is 4.39 Å². The number of aryl methyl sites for hydroxylation is 2. The van der Waals surface area contributed by atoms with Crippen molar-refractivity contribution < 1.29 is 18.7 Å². The van der Waals surface area contributed by atoms with Crippen molar-refractivity contribution in [2.75, 3.05) is 19.7 Å². The van der Waals surface area contributed by atoms with Crippen LogP contribution in [0.3, 0.4) is 0 Å². The van der Waals surface area contributed by atoms with Crippen LogP contribution in [0.15, 0.2) is 42.5 Å². The van der Waals surface area contributed by atoms with Crippen LogP contribution in [0.1, 0.15) is 47.2 Å². The van der Waals surface area contributed by atoms with E-state index in [1.54, 1.807) is 17.0 Å². The summed E-state index contributed by atoms with van der Waals surface area (Å²) < 4.78 is 19.2. The predicted octanol–water partition coefficient (Wildman–Crippen LogP) is 4.02. The number of hydrogen-bond donors (Lipinski definition) is 1. The van der Waals surface area contributed by atoms with Crippen molar-refractivity contribution in [1.82, 2.24) is 10.2 Å². The summed E-state index contributed by atoms with van der Waals surface area (Å²) in [6.45, 7) is 5.63. The van der Waals surface area contributed by atoms with Gasteiger partial charge in [0.05, 0.1) is 6.61 Å². The summed E-state index contributed by atoms with van der Waals surface area (Å²) in [6, 6.07) is 11.8. The summed E-state index contributed by atoms with van der Waals surface area (Å²) in [7, 11) is 0. The minimum Gasteiger partial charge on any atom is -0.493 e. The van der Waals surface area contributed by atoms with Crippen molar-refractivity contribution in [2.45, 2.75) is 45.6 Å². The second-order valence-electron chi connectivity index (χ2n) is 7.82. The smallest absolute Gasteiger partial charge is 0.253 e. The molecule has 5 nitrogen and oxygen atoms in total. The van der Waals surface area contributed by atoms with E-state index in [1.165, 1.54) is 12.1 Å². The van der Waals surface area contributed by atoms with Crippen molar-refractivity contribution >= 4 is 11.8 Å². The molecule has 6 heteroatoms. The molecule has 1 fully saturated rings. The number of halogens is 1. The minimum absolute atomic E-state index is 0.00927. The average molecular weight is 413 g/mol. The largest absolute Gasteiger partial charge is 0.493 e. The van der Waals surface area contributed by atoms with Crippen molar-refractivity contribution in [3.63, 3.8) is 0 Å². The minimum atomic E-state index is -0.412. The summed E-state index contributed by atoms with van der Waals surface area (Å²) in [5.41, 5.74) is 2.55. The molecule has 0 unspecified atom stereocenters. The third-order valence-electron chi connectivity index (χ3n) is 5.42. The van der Waals surface area contributed by atoms with Gasteiger partial charge in [-0.2, -0.15) is 0 Å². The number of amides is 2. The lowest BCUT2D eigenvalue weighted by atomic mass is 10.0. The number of ether oxygens (including phenoxy) is 1. The van der Waals surface area contributed by atoms with Gasteiger partial charge in [0.25, 0.3) is 5.91 Å². The Hall–Kier alpha value is -2.89. The van der Waals surface area contributed by atoms with E-state index >= 15 is 0 Å². The molecule has 0 bridgehead atoms. The van der Waals surface area contributed by atoms with Crippen molar-refractivity contribution in [2.24, 2.45) is 0 Å². The summed E-state index contributed by atoms with van der Waals surface area (Å²) in [6.07, 6.45) is 2.46. The Labute approximate surface area is 177 Å². The third-order valence-corrected chi connectivity index (χ3v) is 5.42. The molecule has 1 aliphatic rings. The van der Waals surface area contributed by atoms with Gasteiger partial charge in [-0.25, -0.2) is 4.39 Å².